The van der Waals surface area contributed by atoms with Gasteiger partial charge < -0.3 is 4.90 Å². The third kappa shape index (κ3) is 2.01. The number of aryl methyl sites for hydroxylation is 1. The maximum absolute atomic E-state index is 8.85. The van der Waals surface area contributed by atoms with E-state index in [-0.39, 0.29) is 0 Å². The molecule has 2 heterocycles. The summed E-state index contributed by atoms with van der Waals surface area (Å²) in [6, 6.07) is 5.99. The fourth-order valence-electron chi connectivity index (χ4n) is 2.22. The molecule has 16 heavy (non-hydrogen) atoms. The van der Waals surface area contributed by atoms with Gasteiger partial charge in [-0.15, -0.1) is 0 Å². The molecule has 1 atom stereocenters. The maximum Gasteiger partial charge on any atom is 0.128 e. The van der Waals surface area contributed by atoms with Crippen LogP contribution in [0.4, 0.5) is 5.82 Å². The lowest BCUT2D eigenvalue weighted by Crippen LogP contribution is -2.21. The normalized spacial score (nSPS) is 19.8. The monoisotopic (exact) mass is 215 g/mol. The zero-order valence-corrected chi connectivity index (χ0v) is 9.90. The van der Waals surface area contributed by atoms with Crippen molar-refractivity contribution >= 4 is 5.82 Å². The minimum absolute atomic E-state index is 0.676. The Balaban J connectivity index is 2.17. The van der Waals surface area contributed by atoms with Crippen LogP contribution in [0.5, 0.6) is 0 Å². The Morgan fingerprint density at radius 2 is 2.38 bits per heavy atom. The van der Waals surface area contributed by atoms with Crippen molar-refractivity contribution in [3.8, 4) is 6.07 Å². The third-order valence-corrected chi connectivity index (χ3v) is 3.38. The Morgan fingerprint density at radius 3 is 2.94 bits per heavy atom. The number of pyridine rings is 1. The number of hydrogen-bond acceptors (Lipinski definition) is 3. The predicted octanol–water partition coefficient (Wildman–Crippen LogP) is 2.50. The maximum atomic E-state index is 8.85. The predicted molar refractivity (Wildman–Crippen MR) is 64.3 cm³/mol. The second-order valence-corrected chi connectivity index (χ2v) is 4.42. The molecule has 0 bridgehead atoms. The van der Waals surface area contributed by atoms with E-state index >= 15 is 0 Å². The number of aromatic nitrogens is 1. The standard InChI is InChI=1S/C13H17N3/c1-3-11-6-7-16(9-11)13-5-4-12(8-14)10(2)15-13/h4-5,11H,3,6-7,9H2,1-2H3. The first-order valence-electron chi connectivity index (χ1n) is 5.87. The smallest absolute Gasteiger partial charge is 0.128 e. The lowest BCUT2D eigenvalue weighted by Gasteiger charge is -2.17. The SMILES string of the molecule is CCC1CCN(c2ccc(C#N)c(C)n2)C1. The number of anilines is 1. The molecule has 84 valence electrons. The van der Waals surface area contributed by atoms with Gasteiger partial charge in [0, 0.05) is 13.1 Å². The number of rotatable bonds is 2. The topological polar surface area (TPSA) is 39.9 Å². The van der Waals surface area contributed by atoms with E-state index < -0.39 is 0 Å². The molecule has 1 fully saturated rings. The van der Waals surface area contributed by atoms with E-state index in [0.29, 0.717) is 5.56 Å². The first-order valence-corrected chi connectivity index (χ1v) is 5.87. The highest BCUT2D eigenvalue weighted by atomic mass is 15.2. The van der Waals surface area contributed by atoms with Gasteiger partial charge in [0.2, 0.25) is 0 Å². The second kappa shape index (κ2) is 4.52. The summed E-state index contributed by atoms with van der Waals surface area (Å²) in [6.07, 6.45) is 2.50. The Bertz CT molecular complexity index is 420. The van der Waals surface area contributed by atoms with E-state index in [1.807, 2.05) is 19.1 Å². The fourth-order valence-corrected chi connectivity index (χ4v) is 2.22. The van der Waals surface area contributed by atoms with Crippen molar-refractivity contribution in [2.24, 2.45) is 5.92 Å². The van der Waals surface area contributed by atoms with E-state index in [1.54, 1.807) is 0 Å². The molecule has 1 aromatic rings. The summed E-state index contributed by atoms with van der Waals surface area (Å²) in [5, 5.41) is 8.85. The van der Waals surface area contributed by atoms with Crippen LogP contribution in [0.25, 0.3) is 0 Å². The van der Waals surface area contributed by atoms with Crippen molar-refractivity contribution in [3.63, 3.8) is 0 Å². The summed E-state index contributed by atoms with van der Waals surface area (Å²) in [4.78, 5) is 6.82. The molecule has 0 spiro atoms. The molecule has 0 aliphatic carbocycles. The van der Waals surface area contributed by atoms with Crippen LogP contribution in [0.15, 0.2) is 12.1 Å². The van der Waals surface area contributed by atoms with Gasteiger partial charge in [0.15, 0.2) is 0 Å². The molecule has 3 heteroatoms. The van der Waals surface area contributed by atoms with Gasteiger partial charge in [-0.3, -0.25) is 0 Å². The molecule has 0 N–H and O–H groups in total. The first kappa shape index (κ1) is 10.9. The average Bonchev–Trinajstić information content (AvgIpc) is 2.77. The molecule has 1 aromatic heterocycles. The Morgan fingerprint density at radius 1 is 1.56 bits per heavy atom. The molecule has 0 amide bonds. The molecule has 1 aliphatic heterocycles. The Kier molecular flexibility index (Phi) is 3.09. The van der Waals surface area contributed by atoms with E-state index in [9.17, 15) is 0 Å². The van der Waals surface area contributed by atoms with Crippen LogP contribution in [-0.2, 0) is 0 Å². The first-order chi connectivity index (χ1) is 7.74. The molecule has 3 nitrogen and oxygen atoms in total. The highest BCUT2D eigenvalue weighted by Gasteiger charge is 2.22. The van der Waals surface area contributed by atoms with Gasteiger partial charge in [0.05, 0.1) is 11.3 Å². The third-order valence-electron chi connectivity index (χ3n) is 3.38. The minimum Gasteiger partial charge on any atom is -0.356 e. The zero-order valence-electron chi connectivity index (χ0n) is 9.90. The van der Waals surface area contributed by atoms with Crippen molar-refractivity contribution in [1.29, 1.82) is 5.26 Å². The Hall–Kier alpha value is -1.56. The van der Waals surface area contributed by atoms with Crippen molar-refractivity contribution in [1.82, 2.24) is 4.98 Å². The second-order valence-electron chi connectivity index (χ2n) is 4.42. The summed E-state index contributed by atoms with van der Waals surface area (Å²) < 4.78 is 0. The van der Waals surface area contributed by atoms with Gasteiger partial charge in [0.1, 0.15) is 11.9 Å². The quantitative estimate of drug-likeness (QED) is 0.761. The van der Waals surface area contributed by atoms with Crippen LogP contribution in [-0.4, -0.2) is 18.1 Å². The van der Waals surface area contributed by atoms with E-state index in [4.69, 9.17) is 5.26 Å². The molecule has 1 saturated heterocycles. The van der Waals surface area contributed by atoms with Crippen molar-refractivity contribution in [3.05, 3.63) is 23.4 Å². The van der Waals surface area contributed by atoms with Gasteiger partial charge in [-0.1, -0.05) is 13.3 Å². The van der Waals surface area contributed by atoms with Crippen LogP contribution in [0.2, 0.25) is 0 Å². The van der Waals surface area contributed by atoms with Crippen LogP contribution >= 0.6 is 0 Å². The lowest BCUT2D eigenvalue weighted by atomic mass is 10.1. The number of nitrogens with zero attached hydrogens (tertiary/aromatic N) is 3. The zero-order chi connectivity index (χ0) is 11.5. The molecular formula is C13H17N3. The molecule has 0 aromatic carbocycles. The molecule has 1 aliphatic rings. The van der Waals surface area contributed by atoms with Crippen molar-refractivity contribution < 1.29 is 0 Å². The van der Waals surface area contributed by atoms with Gasteiger partial charge in [-0.25, -0.2) is 4.98 Å². The highest BCUT2D eigenvalue weighted by Crippen LogP contribution is 2.24. The van der Waals surface area contributed by atoms with Crippen LogP contribution in [0, 0.1) is 24.2 Å². The molecule has 0 radical (unpaired) electrons. The molecule has 1 unspecified atom stereocenters. The van der Waals surface area contributed by atoms with Gasteiger partial charge in [-0.2, -0.15) is 5.26 Å². The summed E-state index contributed by atoms with van der Waals surface area (Å²) in [5.74, 6) is 1.82. The van der Waals surface area contributed by atoms with Gasteiger partial charge >= 0.3 is 0 Å². The summed E-state index contributed by atoms with van der Waals surface area (Å²) >= 11 is 0. The van der Waals surface area contributed by atoms with Crippen molar-refractivity contribution in [2.75, 3.05) is 18.0 Å². The number of nitriles is 1. The van der Waals surface area contributed by atoms with Crippen LogP contribution in [0.1, 0.15) is 31.0 Å². The van der Waals surface area contributed by atoms with Crippen molar-refractivity contribution in [2.45, 2.75) is 26.7 Å². The van der Waals surface area contributed by atoms with E-state index in [1.165, 1.54) is 12.8 Å². The Labute approximate surface area is 96.7 Å². The molecule has 2 rings (SSSR count). The van der Waals surface area contributed by atoms with Gasteiger partial charge in [0.25, 0.3) is 0 Å². The fraction of sp³-hybridized carbons (Fsp3) is 0.538. The number of hydrogen-bond donors (Lipinski definition) is 0. The van der Waals surface area contributed by atoms with Gasteiger partial charge in [-0.05, 0) is 31.4 Å². The summed E-state index contributed by atoms with van der Waals surface area (Å²) in [5.41, 5.74) is 1.51. The minimum atomic E-state index is 0.676. The average molecular weight is 215 g/mol. The van der Waals surface area contributed by atoms with Crippen LogP contribution in [0.3, 0.4) is 0 Å². The molecular weight excluding hydrogens is 198 g/mol. The summed E-state index contributed by atoms with van der Waals surface area (Å²) in [7, 11) is 0. The highest BCUT2D eigenvalue weighted by molar-refractivity contribution is 5.45. The van der Waals surface area contributed by atoms with E-state index in [0.717, 1.165) is 30.5 Å². The summed E-state index contributed by atoms with van der Waals surface area (Å²) in [6.45, 7) is 6.34. The van der Waals surface area contributed by atoms with Crippen LogP contribution < -0.4 is 4.90 Å². The largest absolute Gasteiger partial charge is 0.356 e. The lowest BCUT2D eigenvalue weighted by molar-refractivity contribution is 0.568. The van der Waals surface area contributed by atoms with E-state index in [2.05, 4.69) is 22.9 Å². The molecule has 0 saturated carbocycles.